The molecule has 2 unspecified atom stereocenters. The molecule has 2 aromatic carbocycles. The van der Waals surface area contributed by atoms with Crippen LogP contribution in [0.15, 0.2) is 42.5 Å². The van der Waals surface area contributed by atoms with Crippen LogP contribution in [0.5, 0.6) is 0 Å². The zero-order valence-corrected chi connectivity index (χ0v) is 14.1. The second-order valence-corrected chi connectivity index (χ2v) is 7.55. The van der Waals surface area contributed by atoms with Gasteiger partial charge >= 0.3 is 0 Å². The smallest absolute Gasteiger partial charge is 0.264 e. The fraction of sp³-hybridized carbons (Fsp3) is 0.250. The number of benzene rings is 2. The Hall–Kier alpha value is -1.54. The minimum atomic E-state index is -3.77. The molecule has 3 rings (SSSR count). The first-order valence-corrected chi connectivity index (χ1v) is 9.14. The first-order chi connectivity index (χ1) is 11.2. The Bertz CT molecular complexity index is 887. The van der Waals surface area contributed by atoms with Gasteiger partial charge in [-0.3, -0.25) is 4.18 Å². The third-order valence-electron chi connectivity index (χ3n) is 3.76. The van der Waals surface area contributed by atoms with Crippen molar-refractivity contribution in [2.75, 3.05) is 12.9 Å². The van der Waals surface area contributed by atoms with Crippen LogP contribution >= 0.6 is 11.6 Å². The van der Waals surface area contributed by atoms with Gasteiger partial charge in [-0.05, 0) is 12.1 Å². The van der Waals surface area contributed by atoms with E-state index < -0.39 is 40.1 Å². The average Bonchev–Trinajstić information content (AvgIpc) is 3.20. The Labute approximate surface area is 143 Å². The lowest BCUT2D eigenvalue weighted by molar-refractivity contribution is 0.190. The molecule has 24 heavy (non-hydrogen) atoms. The maximum Gasteiger partial charge on any atom is 0.264 e. The van der Waals surface area contributed by atoms with Gasteiger partial charge < -0.3 is 4.74 Å². The van der Waals surface area contributed by atoms with Gasteiger partial charge in [-0.15, -0.1) is 0 Å². The van der Waals surface area contributed by atoms with Crippen molar-refractivity contribution in [1.29, 1.82) is 0 Å². The van der Waals surface area contributed by atoms with E-state index in [-0.39, 0.29) is 5.56 Å². The van der Waals surface area contributed by atoms with Crippen molar-refractivity contribution >= 4 is 21.7 Å². The Morgan fingerprint density at radius 2 is 1.96 bits per heavy atom. The predicted octanol–water partition coefficient (Wildman–Crippen LogP) is 3.56. The molecule has 8 heteroatoms. The molecular weight excluding hydrogens is 362 g/mol. The quantitative estimate of drug-likeness (QED) is 0.593. The van der Waals surface area contributed by atoms with E-state index in [9.17, 15) is 17.2 Å². The summed E-state index contributed by atoms with van der Waals surface area (Å²) in [5, 5.41) is 0.395. The topological polar surface area (TPSA) is 55.9 Å². The molecule has 4 nitrogen and oxygen atoms in total. The van der Waals surface area contributed by atoms with Crippen LogP contribution in [0.3, 0.4) is 0 Å². The zero-order valence-electron chi connectivity index (χ0n) is 12.5. The van der Waals surface area contributed by atoms with Crippen molar-refractivity contribution in [1.82, 2.24) is 0 Å². The molecule has 0 aromatic heterocycles. The molecule has 0 aliphatic carbocycles. The minimum absolute atomic E-state index is 0.0115. The van der Waals surface area contributed by atoms with Gasteiger partial charge in [-0.25, -0.2) is 8.78 Å². The van der Waals surface area contributed by atoms with Gasteiger partial charge in [0.15, 0.2) is 5.60 Å². The fourth-order valence-corrected chi connectivity index (χ4v) is 3.22. The SMILES string of the molecule is CS(=O)(=O)OCC1(c2ccc(F)cc2F)OC1c1ccccc1Cl. The first kappa shape index (κ1) is 17.3. The molecule has 1 aliphatic heterocycles. The van der Waals surface area contributed by atoms with Gasteiger partial charge in [0.2, 0.25) is 0 Å². The summed E-state index contributed by atoms with van der Waals surface area (Å²) in [5.41, 5.74) is -0.802. The summed E-state index contributed by atoms with van der Waals surface area (Å²) >= 11 is 6.14. The van der Waals surface area contributed by atoms with Crippen LogP contribution in [-0.4, -0.2) is 21.3 Å². The number of halogens is 3. The zero-order chi connectivity index (χ0) is 17.5. The molecule has 0 bridgehead atoms. The van der Waals surface area contributed by atoms with Gasteiger partial charge in [0.05, 0.1) is 6.26 Å². The van der Waals surface area contributed by atoms with Gasteiger partial charge in [0.1, 0.15) is 24.3 Å². The van der Waals surface area contributed by atoms with Crippen molar-refractivity contribution in [2.45, 2.75) is 11.7 Å². The van der Waals surface area contributed by atoms with Crippen LogP contribution in [0, 0.1) is 11.6 Å². The largest absolute Gasteiger partial charge is 0.353 e. The molecule has 2 atom stereocenters. The second kappa shape index (κ2) is 6.07. The Morgan fingerprint density at radius 1 is 1.25 bits per heavy atom. The van der Waals surface area contributed by atoms with E-state index in [1.54, 1.807) is 24.3 Å². The molecule has 0 spiro atoms. The molecule has 128 valence electrons. The molecular formula is C16H13ClF2O4S. The highest BCUT2D eigenvalue weighted by Crippen LogP contribution is 2.59. The summed E-state index contributed by atoms with van der Waals surface area (Å²) in [7, 11) is -3.77. The fourth-order valence-electron chi connectivity index (χ4n) is 2.60. The Morgan fingerprint density at radius 3 is 2.58 bits per heavy atom. The number of rotatable bonds is 5. The number of hydrogen-bond donors (Lipinski definition) is 0. The molecule has 1 saturated heterocycles. The van der Waals surface area contributed by atoms with Crippen molar-refractivity contribution in [3.8, 4) is 0 Å². The van der Waals surface area contributed by atoms with Gasteiger partial charge in [-0.1, -0.05) is 35.9 Å². The van der Waals surface area contributed by atoms with Crippen LogP contribution in [0.25, 0.3) is 0 Å². The molecule has 1 heterocycles. The second-order valence-electron chi connectivity index (χ2n) is 5.50. The normalized spacial score (nSPS) is 23.2. The molecule has 1 aliphatic rings. The van der Waals surface area contributed by atoms with Crippen molar-refractivity contribution in [3.05, 3.63) is 70.2 Å². The molecule has 0 N–H and O–H groups in total. The highest BCUT2D eigenvalue weighted by Gasteiger charge is 2.61. The molecule has 2 aromatic rings. The average molecular weight is 375 g/mol. The standard InChI is InChI=1S/C16H13ClF2O4S/c1-24(20,21)22-9-16(12-7-6-10(18)8-14(12)19)15(23-16)11-4-2-3-5-13(11)17/h2-8,15H,9H2,1H3. The molecule has 0 amide bonds. The summed E-state index contributed by atoms with van der Waals surface area (Å²) in [4.78, 5) is 0. The van der Waals surface area contributed by atoms with Crippen LogP contribution in [0.4, 0.5) is 8.78 Å². The third kappa shape index (κ3) is 3.30. The highest BCUT2D eigenvalue weighted by molar-refractivity contribution is 7.85. The number of hydrogen-bond acceptors (Lipinski definition) is 4. The third-order valence-corrected chi connectivity index (χ3v) is 4.65. The summed E-state index contributed by atoms with van der Waals surface area (Å²) in [6.07, 6.45) is 0.183. The molecule has 0 saturated carbocycles. The highest BCUT2D eigenvalue weighted by atomic mass is 35.5. The van der Waals surface area contributed by atoms with Crippen LogP contribution in [0.2, 0.25) is 5.02 Å². The van der Waals surface area contributed by atoms with E-state index >= 15 is 0 Å². The molecule has 1 fully saturated rings. The number of epoxide rings is 1. The van der Waals surface area contributed by atoms with E-state index in [0.29, 0.717) is 16.7 Å². The number of ether oxygens (including phenoxy) is 1. The lowest BCUT2D eigenvalue weighted by atomic mass is 9.92. The van der Waals surface area contributed by atoms with E-state index in [1.807, 2.05) is 0 Å². The van der Waals surface area contributed by atoms with Crippen LogP contribution in [0.1, 0.15) is 17.2 Å². The summed E-state index contributed by atoms with van der Waals surface area (Å²) in [6, 6.07) is 9.79. The predicted molar refractivity (Wildman–Crippen MR) is 84.1 cm³/mol. The van der Waals surface area contributed by atoms with E-state index in [1.165, 1.54) is 6.07 Å². The van der Waals surface area contributed by atoms with Gasteiger partial charge in [-0.2, -0.15) is 8.42 Å². The Balaban J connectivity index is 2.02. The monoisotopic (exact) mass is 374 g/mol. The van der Waals surface area contributed by atoms with E-state index in [2.05, 4.69) is 0 Å². The lowest BCUT2D eigenvalue weighted by Crippen LogP contribution is -2.22. The van der Waals surface area contributed by atoms with Crippen molar-refractivity contribution in [2.24, 2.45) is 0 Å². The Kier molecular flexibility index (Phi) is 4.37. The van der Waals surface area contributed by atoms with Crippen LogP contribution < -0.4 is 0 Å². The lowest BCUT2D eigenvalue weighted by Gasteiger charge is -2.14. The summed E-state index contributed by atoms with van der Waals surface area (Å²) in [6.45, 7) is -0.440. The maximum absolute atomic E-state index is 14.2. The van der Waals surface area contributed by atoms with Crippen molar-refractivity contribution in [3.63, 3.8) is 0 Å². The van der Waals surface area contributed by atoms with Crippen LogP contribution in [-0.2, 0) is 24.6 Å². The molecule has 0 radical (unpaired) electrons. The minimum Gasteiger partial charge on any atom is -0.353 e. The summed E-state index contributed by atoms with van der Waals surface area (Å²) in [5.74, 6) is -1.59. The van der Waals surface area contributed by atoms with Crippen molar-refractivity contribution < 1.29 is 26.1 Å². The van der Waals surface area contributed by atoms with Gasteiger partial charge in [0.25, 0.3) is 10.1 Å². The van der Waals surface area contributed by atoms with E-state index in [4.69, 9.17) is 20.5 Å². The first-order valence-electron chi connectivity index (χ1n) is 6.95. The van der Waals surface area contributed by atoms with Gasteiger partial charge in [0, 0.05) is 22.2 Å². The summed E-state index contributed by atoms with van der Waals surface area (Å²) < 4.78 is 60.6. The maximum atomic E-state index is 14.2. The van der Waals surface area contributed by atoms with E-state index in [0.717, 1.165) is 12.3 Å².